The molecule has 0 saturated carbocycles. The van der Waals surface area contributed by atoms with E-state index < -0.39 is 29.0 Å². The molecule has 2 unspecified atom stereocenters. The monoisotopic (exact) mass is 513 g/mol. The molecule has 1 aromatic heterocycles. The van der Waals surface area contributed by atoms with Gasteiger partial charge in [0.15, 0.2) is 22.9 Å². The Hall–Kier alpha value is -1.05. The maximum atomic E-state index is 12.9. The Morgan fingerprint density at radius 3 is 2.03 bits per heavy atom. The summed E-state index contributed by atoms with van der Waals surface area (Å²) in [6.07, 6.45) is -0.113. The number of aromatic nitrogens is 2. The number of ether oxygens (including phenoxy) is 2. The van der Waals surface area contributed by atoms with Crippen molar-refractivity contribution in [3.8, 4) is 0 Å². The fourth-order valence-electron chi connectivity index (χ4n) is 3.33. The first kappa shape index (κ1) is 29.2. The molecule has 0 aromatic carbocycles. The predicted molar refractivity (Wildman–Crippen MR) is 143 cm³/mol. The summed E-state index contributed by atoms with van der Waals surface area (Å²) >= 11 is 0. The van der Waals surface area contributed by atoms with Crippen molar-refractivity contribution in [1.82, 2.24) is 9.55 Å². The van der Waals surface area contributed by atoms with Crippen LogP contribution in [0.3, 0.4) is 0 Å². The minimum Gasteiger partial charge on any atom is -0.414 e. The largest absolute Gasteiger partial charge is 0.414 e. The Labute approximate surface area is 208 Å². The molecule has 2 rings (SSSR count). The second kappa shape index (κ2) is 10.1. The lowest BCUT2D eigenvalue weighted by Crippen LogP contribution is -2.51. The third-order valence-corrected chi connectivity index (χ3v) is 16.7. The van der Waals surface area contributed by atoms with Crippen LogP contribution >= 0.6 is 0 Å². The van der Waals surface area contributed by atoms with Gasteiger partial charge in [-0.15, -0.1) is 0 Å². The molecular weight excluding hydrogens is 466 g/mol. The van der Waals surface area contributed by atoms with E-state index in [2.05, 4.69) is 72.7 Å². The Balaban J connectivity index is 2.44. The van der Waals surface area contributed by atoms with Gasteiger partial charge in [0.1, 0.15) is 24.1 Å². The number of hydrogen-bond acceptors (Lipinski definition) is 7. The van der Waals surface area contributed by atoms with Gasteiger partial charge in [0, 0.05) is 27.4 Å². The van der Waals surface area contributed by atoms with Gasteiger partial charge in [0.2, 0.25) is 0 Å². The zero-order valence-electron chi connectivity index (χ0n) is 23.6. The molecule has 0 N–H and O–H groups in total. The van der Waals surface area contributed by atoms with Crippen LogP contribution in [0.15, 0.2) is 17.1 Å². The molecular formula is C24H47N3O5Si2. The highest BCUT2D eigenvalue weighted by molar-refractivity contribution is 6.74. The second-order valence-corrected chi connectivity index (χ2v) is 22.1. The normalized spacial score (nSPS) is 24.5. The van der Waals surface area contributed by atoms with Crippen LogP contribution < -0.4 is 10.6 Å². The molecule has 1 aliphatic heterocycles. The molecule has 1 aromatic rings. The molecule has 0 radical (unpaired) electrons. The molecule has 4 atom stereocenters. The topological polar surface area (TPSA) is 75.1 Å². The number of hydrogen-bond donors (Lipinski definition) is 0. The first-order valence-corrected chi connectivity index (χ1v) is 17.9. The second-order valence-electron chi connectivity index (χ2n) is 12.5. The van der Waals surface area contributed by atoms with Gasteiger partial charge in [-0.05, 0) is 42.3 Å². The molecule has 34 heavy (non-hydrogen) atoms. The first-order chi connectivity index (χ1) is 15.3. The van der Waals surface area contributed by atoms with E-state index in [4.69, 9.17) is 18.3 Å². The standard InChI is InChI=1S/C24H47N3O5Si2/c1-23(2,3)33(10,11)30-16-17-19(32-34(12,13)24(4,5)6)20(29-9)21(31-17)27-15-14-18(26(7)8)25-22(27)28/h14-15,17,19-21H,16H2,1-13H3/t17-,19?,20?,21-/m1/s1. The van der Waals surface area contributed by atoms with Crippen molar-refractivity contribution in [2.75, 3.05) is 32.7 Å². The van der Waals surface area contributed by atoms with Gasteiger partial charge >= 0.3 is 5.69 Å². The number of rotatable bonds is 8. The summed E-state index contributed by atoms with van der Waals surface area (Å²) in [4.78, 5) is 18.9. The van der Waals surface area contributed by atoms with Crippen LogP contribution in [0, 0.1) is 0 Å². The summed E-state index contributed by atoms with van der Waals surface area (Å²) < 4.78 is 27.4. The Kier molecular flexibility index (Phi) is 8.70. The van der Waals surface area contributed by atoms with Crippen LogP contribution in [0.25, 0.3) is 0 Å². The summed E-state index contributed by atoms with van der Waals surface area (Å²) in [6.45, 7) is 22.6. The lowest BCUT2D eigenvalue weighted by atomic mass is 10.1. The van der Waals surface area contributed by atoms with Gasteiger partial charge in [0.25, 0.3) is 0 Å². The van der Waals surface area contributed by atoms with Crippen molar-refractivity contribution in [3.63, 3.8) is 0 Å². The van der Waals surface area contributed by atoms with Gasteiger partial charge in [0.05, 0.1) is 6.61 Å². The van der Waals surface area contributed by atoms with Gasteiger partial charge in [-0.1, -0.05) is 41.5 Å². The molecule has 1 saturated heterocycles. The number of methoxy groups -OCH3 is 1. The summed E-state index contributed by atoms with van der Waals surface area (Å²) in [5.74, 6) is 0.597. The minimum atomic E-state index is -2.16. The molecule has 2 heterocycles. The van der Waals surface area contributed by atoms with Crippen molar-refractivity contribution in [1.29, 1.82) is 0 Å². The van der Waals surface area contributed by atoms with Crippen LogP contribution in [0.4, 0.5) is 5.82 Å². The summed E-state index contributed by atoms with van der Waals surface area (Å²) in [5, 5.41) is 0.0876. The predicted octanol–water partition coefficient (Wildman–Crippen LogP) is 4.63. The van der Waals surface area contributed by atoms with E-state index in [-0.39, 0.29) is 28.0 Å². The van der Waals surface area contributed by atoms with Gasteiger partial charge in [-0.2, -0.15) is 4.98 Å². The Morgan fingerprint density at radius 1 is 1.03 bits per heavy atom. The van der Waals surface area contributed by atoms with E-state index in [9.17, 15) is 4.79 Å². The van der Waals surface area contributed by atoms with Crippen molar-refractivity contribution in [2.24, 2.45) is 0 Å². The maximum absolute atomic E-state index is 12.9. The quantitative estimate of drug-likeness (QED) is 0.469. The molecule has 0 amide bonds. The SMILES string of the molecule is COC1C(O[Si](C)(C)C(C)(C)C)[C@@H](CO[Si](C)(C)C(C)(C)C)O[C@H]1n1ccc(N(C)C)nc1=O. The van der Waals surface area contributed by atoms with Crippen LogP contribution in [0.1, 0.15) is 47.8 Å². The van der Waals surface area contributed by atoms with E-state index in [1.165, 1.54) is 4.57 Å². The van der Waals surface area contributed by atoms with Crippen molar-refractivity contribution in [2.45, 2.75) is 102 Å². The number of nitrogens with zero attached hydrogens (tertiary/aromatic N) is 3. The summed E-state index contributed by atoms with van der Waals surface area (Å²) in [5.41, 5.74) is -0.379. The van der Waals surface area contributed by atoms with Crippen molar-refractivity contribution >= 4 is 22.5 Å². The highest BCUT2D eigenvalue weighted by Crippen LogP contribution is 2.43. The molecule has 0 spiro atoms. The zero-order valence-corrected chi connectivity index (χ0v) is 25.6. The van der Waals surface area contributed by atoms with E-state index in [1.807, 2.05) is 14.1 Å². The molecule has 10 heteroatoms. The zero-order chi connectivity index (χ0) is 26.3. The van der Waals surface area contributed by atoms with Gasteiger partial charge in [-0.3, -0.25) is 4.57 Å². The highest BCUT2D eigenvalue weighted by Gasteiger charge is 2.52. The van der Waals surface area contributed by atoms with Crippen LogP contribution in [0.2, 0.25) is 36.3 Å². The Bertz CT molecular complexity index is 890. The molecule has 0 aliphatic carbocycles. The molecule has 0 bridgehead atoms. The highest BCUT2D eigenvalue weighted by atomic mass is 28.4. The molecule has 1 aliphatic rings. The smallest absolute Gasteiger partial charge is 0.351 e. The summed E-state index contributed by atoms with van der Waals surface area (Å²) in [6, 6.07) is 1.81. The van der Waals surface area contributed by atoms with Gasteiger partial charge in [-0.25, -0.2) is 4.79 Å². The van der Waals surface area contributed by atoms with E-state index in [0.29, 0.717) is 12.4 Å². The first-order valence-electron chi connectivity index (χ1n) is 12.1. The van der Waals surface area contributed by atoms with Crippen LogP contribution in [0.5, 0.6) is 0 Å². The van der Waals surface area contributed by atoms with Crippen LogP contribution in [-0.2, 0) is 18.3 Å². The average Bonchev–Trinajstić information content (AvgIpc) is 3.00. The van der Waals surface area contributed by atoms with E-state index >= 15 is 0 Å². The maximum Gasteiger partial charge on any atom is 0.351 e. The Morgan fingerprint density at radius 2 is 1.59 bits per heavy atom. The fraction of sp³-hybridized carbons (Fsp3) is 0.833. The van der Waals surface area contributed by atoms with E-state index in [1.54, 1.807) is 24.3 Å². The van der Waals surface area contributed by atoms with Crippen molar-refractivity contribution < 1.29 is 18.3 Å². The lowest BCUT2D eigenvalue weighted by molar-refractivity contribution is -0.0612. The van der Waals surface area contributed by atoms with Crippen LogP contribution in [-0.4, -0.2) is 72.3 Å². The molecule has 196 valence electrons. The third kappa shape index (κ3) is 6.20. The molecule has 1 fully saturated rings. The third-order valence-electron chi connectivity index (χ3n) is 7.76. The van der Waals surface area contributed by atoms with Crippen molar-refractivity contribution in [3.05, 3.63) is 22.7 Å². The number of anilines is 1. The average molecular weight is 514 g/mol. The minimum absolute atomic E-state index is 0.0139. The summed E-state index contributed by atoms with van der Waals surface area (Å²) in [7, 11) is 1.18. The van der Waals surface area contributed by atoms with E-state index in [0.717, 1.165) is 0 Å². The molecule has 8 nitrogen and oxygen atoms in total. The lowest BCUT2D eigenvalue weighted by Gasteiger charge is -2.41. The fourth-order valence-corrected chi connectivity index (χ4v) is 5.66. The van der Waals surface area contributed by atoms with Gasteiger partial charge < -0.3 is 23.2 Å².